The fourth-order valence-electron chi connectivity index (χ4n) is 3.31. The van der Waals surface area contributed by atoms with Gasteiger partial charge in [-0.05, 0) is 51.0 Å². The maximum Gasteiger partial charge on any atom is 0.0132 e. The van der Waals surface area contributed by atoms with Crippen molar-refractivity contribution in [1.82, 2.24) is 5.32 Å². The Hall–Kier alpha value is -0.480. The summed E-state index contributed by atoms with van der Waals surface area (Å²) in [5.41, 5.74) is 0.574. The molecule has 1 aliphatic carbocycles. The molecule has 0 bridgehead atoms. The average Bonchev–Trinajstić information content (AvgIpc) is 2.83. The summed E-state index contributed by atoms with van der Waals surface area (Å²) in [6.45, 7) is 7.73. The summed E-state index contributed by atoms with van der Waals surface area (Å²) in [6.07, 6.45) is 10.5. The standard InChI is InChI=1S/C16H29N/c1-4-7-8-11-15(17-14-5-2)16(6-3)12-9-10-13-16/h15,17H,5-6,8-14H2,1-3H3. The lowest BCUT2D eigenvalue weighted by molar-refractivity contribution is 0.178. The molecule has 1 heteroatoms. The van der Waals surface area contributed by atoms with Crippen molar-refractivity contribution in [2.24, 2.45) is 5.41 Å². The first-order chi connectivity index (χ1) is 8.29. The van der Waals surface area contributed by atoms with Gasteiger partial charge < -0.3 is 5.32 Å². The minimum Gasteiger partial charge on any atom is -0.313 e. The van der Waals surface area contributed by atoms with Gasteiger partial charge in [0, 0.05) is 12.5 Å². The first-order valence-electron chi connectivity index (χ1n) is 7.42. The van der Waals surface area contributed by atoms with Gasteiger partial charge in [0.25, 0.3) is 0 Å². The van der Waals surface area contributed by atoms with Crippen molar-refractivity contribution in [3.63, 3.8) is 0 Å². The number of rotatable bonds is 7. The number of nitrogens with one attached hydrogen (secondary N) is 1. The maximum atomic E-state index is 3.79. The lowest BCUT2D eigenvalue weighted by Gasteiger charge is -2.37. The molecule has 1 atom stereocenters. The molecule has 0 radical (unpaired) electrons. The smallest absolute Gasteiger partial charge is 0.0132 e. The molecule has 17 heavy (non-hydrogen) atoms. The van der Waals surface area contributed by atoms with Gasteiger partial charge in [-0.15, -0.1) is 11.8 Å². The summed E-state index contributed by atoms with van der Waals surface area (Å²) in [4.78, 5) is 0. The molecule has 0 aliphatic heterocycles. The highest BCUT2D eigenvalue weighted by Gasteiger charge is 2.38. The minimum atomic E-state index is 0.574. The summed E-state index contributed by atoms with van der Waals surface area (Å²) in [5, 5.41) is 3.79. The van der Waals surface area contributed by atoms with Crippen LogP contribution in [0, 0.1) is 17.3 Å². The zero-order valence-electron chi connectivity index (χ0n) is 11.9. The van der Waals surface area contributed by atoms with E-state index >= 15 is 0 Å². The molecule has 1 saturated carbocycles. The van der Waals surface area contributed by atoms with Crippen LogP contribution in [0.3, 0.4) is 0 Å². The van der Waals surface area contributed by atoms with Crippen LogP contribution in [0.15, 0.2) is 0 Å². The van der Waals surface area contributed by atoms with Crippen LogP contribution in [0.4, 0.5) is 0 Å². The molecule has 98 valence electrons. The van der Waals surface area contributed by atoms with Crippen molar-refractivity contribution < 1.29 is 0 Å². The van der Waals surface area contributed by atoms with E-state index in [1.165, 1.54) is 44.9 Å². The van der Waals surface area contributed by atoms with Gasteiger partial charge in [0.1, 0.15) is 0 Å². The summed E-state index contributed by atoms with van der Waals surface area (Å²) < 4.78 is 0. The van der Waals surface area contributed by atoms with E-state index in [-0.39, 0.29) is 0 Å². The predicted octanol–water partition coefficient (Wildman–Crippen LogP) is 4.13. The van der Waals surface area contributed by atoms with Crippen LogP contribution in [0.25, 0.3) is 0 Å². The summed E-state index contributed by atoms with van der Waals surface area (Å²) >= 11 is 0. The molecule has 0 spiro atoms. The second kappa shape index (κ2) is 7.77. The van der Waals surface area contributed by atoms with E-state index < -0.39 is 0 Å². The van der Waals surface area contributed by atoms with Crippen LogP contribution in [-0.4, -0.2) is 12.6 Å². The summed E-state index contributed by atoms with van der Waals surface area (Å²) in [7, 11) is 0. The van der Waals surface area contributed by atoms with Crippen LogP contribution >= 0.6 is 0 Å². The normalized spacial score (nSPS) is 19.7. The van der Waals surface area contributed by atoms with Crippen LogP contribution in [0.5, 0.6) is 0 Å². The van der Waals surface area contributed by atoms with Gasteiger partial charge in [0.15, 0.2) is 0 Å². The van der Waals surface area contributed by atoms with E-state index in [2.05, 4.69) is 31.0 Å². The Labute approximate surface area is 108 Å². The predicted molar refractivity (Wildman–Crippen MR) is 76.0 cm³/mol. The molecule has 1 aliphatic rings. The summed E-state index contributed by atoms with van der Waals surface area (Å²) in [6, 6.07) is 0.691. The number of hydrogen-bond acceptors (Lipinski definition) is 1. The van der Waals surface area contributed by atoms with E-state index in [0.29, 0.717) is 11.5 Å². The van der Waals surface area contributed by atoms with E-state index in [1.807, 2.05) is 6.92 Å². The van der Waals surface area contributed by atoms with Crippen molar-refractivity contribution in [2.75, 3.05) is 6.54 Å². The highest BCUT2D eigenvalue weighted by molar-refractivity contribution is 4.99. The van der Waals surface area contributed by atoms with Gasteiger partial charge in [-0.2, -0.15) is 0 Å². The maximum absolute atomic E-state index is 3.79. The van der Waals surface area contributed by atoms with Crippen molar-refractivity contribution in [3.8, 4) is 11.8 Å². The Bertz CT molecular complexity index is 252. The molecule has 1 N–H and O–H groups in total. The van der Waals surface area contributed by atoms with Gasteiger partial charge >= 0.3 is 0 Å². The van der Waals surface area contributed by atoms with E-state index in [9.17, 15) is 0 Å². The van der Waals surface area contributed by atoms with Gasteiger partial charge in [0.2, 0.25) is 0 Å². The van der Waals surface area contributed by atoms with Crippen molar-refractivity contribution in [1.29, 1.82) is 0 Å². The highest BCUT2D eigenvalue weighted by Crippen LogP contribution is 2.45. The minimum absolute atomic E-state index is 0.574. The van der Waals surface area contributed by atoms with Crippen molar-refractivity contribution >= 4 is 0 Å². The Morgan fingerprint density at radius 3 is 2.47 bits per heavy atom. The monoisotopic (exact) mass is 235 g/mol. The van der Waals surface area contributed by atoms with Crippen LogP contribution in [0.1, 0.15) is 72.1 Å². The molecular weight excluding hydrogens is 206 g/mol. The molecule has 0 aromatic rings. The lowest BCUT2D eigenvalue weighted by Crippen LogP contribution is -2.44. The average molecular weight is 235 g/mol. The van der Waals surface area contributed by atoms with Gasteiger partial charge in [0.05, 0.1) is 0 Å². The SMILES string of the molecule is CC#CCCC(NCCC)C1(CC)CCCC1. The third kappa shape index (κ3) is 4.03. The molecule has 1 rings (SSSR count). The Morgan fingerprint density at radius 2 is 1.94 bits per heavy atom. The molecule has 0 saturated heterocycles. The zero-order chi connectivity index (χ0) is 12.6. The van der Waals surface area contributed by atoms with E-state index in [1.54, 1.807) is 0 Å². The van der Waals surface area contributed by atoms with Crippen LogP contribution in [-0.2, 0) is 0 Å². The molecular formula is C16H29N. The first kappa shape index (κ1) is 14.6. The fourth-order valence-corrected chi connectivity index (χ4v) is 3.31. The van der Waals surface area contributed by atoms with Gasteiger partial charge in [-0.25, -0.2) is 0 Å². The largest absolute Gasteiger partial charge is 0.313 e. The second-order valence-corrected chi connectivity index (χ2v) is 5.40. The Kier molecular flexibility index (Phi) is 6.66. The highest BCUT2D eigenvalue weighted by atomic mass is 14.9. The molecule has 1 unspecified atom stereocenters. The van der Waals surface area contributed by atoms with Gasteiger partial charge in [-0.1, -0.05) is 26.7 Å². The van der Waals surface area contributed by atoms with Gasteiger partial charge in [-0.3, -0.25) is 0 Å². The summed E-state index contributed by atoms with van der Waals surface area (Å²) in [5.74, 6) is 6.25. The molecule has 0 heterocycles. The molecule has 1 fully saturated rings. The zero-order valence-corrected chi connectivity index (χ0v) is 11.9. The van der Waals surface area contributed by atoms with Crippen molar-refractivity contribution in [2.45, 2.75) is 78.2 Å². The molecule has 0 aromatic carbocycles. The number of hydrogen-bond donors (Lipinski definition) is 1. The Balaban J connectivity index is 2.60. The first-order valence-corrected chi connectivity index (χ1v) is 7.42. The Morgan fingerprint density at radius 1 is 1.24 bits per heavy atom. The second-order valence-electron chi connectivity index (χ2n) is 5.40. The van der Waals surface area contributed by atoms with Crippen LogP contribution < -0.4 is 5.32 Å². The van der Waals surface area contributed by atoms with Crippen molar-refractivity contribution in [3.05, 3.63) is 0 Å². The third-order valence-electron chi connectivity index (χ3n) is 4.42. The van der Waals surface area contributed by atoms with E-state index in [0.717, 1.165) is 13.0 Å². The molecule has 0 amide bonds. The quantitative estimate of drug-likeness (QED) is 0.654. The topological polar surface area (TPSA) is 12.0 Å². The van der Waals surface area contributed by atoms with Crippen LogP contribution in [0.2, 0.25) is 0 Å². The molecule has 0 aromatic heterocycles. The molecule has 1 nitrogen and oxygen atoms in total. The lowest BCUT2D eigenvalue weighted by atomic mass is 9.74. The van der Waals surface area contributed by atoms with E-state index in [4.69, 9.17) is 0 Å². The third-order valence-corrected chi connectivity index (χ3v) is 4.42. The fraction of sp³-hybridized carbons (Fsp3) is 0.875.